The summed E-state index contributed by atoms with van der Waals surface area (Å²) in [4.78, 5) is 2.48. The van der Waals surface area contributed by atoms with Crippen LogP contribution in [-0.2, 0) is 16.0 Å². The zero-order chi connectivity index (χ0) is 13.1. The molecule has 0 amide bonds. The Kier molecular flexibility index (Phi) is 3.73. The Balaban J connectivity index is 1.69. The van der Waals surface area contributed by atoms with Crippen LogP contribution in [0, 0.1) is 0 Å². The summed E-state index contributed by atoms with van der Waals surface area (Å²) in [6.07, 6.45) is 1.02. The van der Waals surface area contributed by atoms with E-state index in [2.05, 4.69) is 34.5 Å². The zero-order valence-corrected chi connectivity index (χ0v) is 11.5. The Morgan fingerprint density at radius 1 is 1.32 bits per heavy atom. The number of para-hydroxylation sites is 1. The molecule has 2 aliphatic heterocycles. The lowest BCUT2D eigenvalue weighted by Gasteiger charge is -2.39. The van der Waals surface area contributed by atoms with Crippen molar-refractivity contribution in [2.45, 2.75) is 18.6 Å². The van der Waals surface area contributed by atoms with Crippen LogP contribution >= 0.6 is 0 Å². The summed E-state index contributed by atoms with van der Waals surface area (Å²) in [5.74, 6) is 0. The zero-order valence-electron chi connectivity index (χ0n) is 11.5. The summed E-state index contributed by atoms with van der Waals surface area (Å²) in [5.41, 5.74) is 2.51. The van der Waals surface area contributed by atoms with Gasteiger partial charge in [-0.1, -0.05) is 18.2 Å². The van der Waals surface area contributed by atoms with Gasteiger partial charge in [-0.05, 0) is 11.6 Å². The van der Waals surface area contributed by atoms with E-state index >= 15 is 0 Å². The molecular weight excluding hydrogens is 240 g/mol. The van der Waals surface area contributed by atoms with Crippen molar-refractivity contribution in [3.05, 3.63) is 29.8 Å². The summed E-state index contributed by atoms with van der Waals surface area (Å²) < 4.78 is 11.5. The van der Waals surface area contributed by atoms with E-state index in [-0.39, 0.29) is 5.60 Å². The van der Waals surface area contributed by atoms with Crippen LogP contribution in [0.1, 0.15) is 12.0 Å². The van der Waals surface area contributed by atoms with Gasteiger partial charge in [-0.25, -0.2) is 0 Å². The molecule has 1 atom stereocenters. The fourth-order valence-electron chi connectivity index (χ4n) is 3.03. The SMILES string of the molecule is CNc1ccccc1CN1CCOC2(CCOC2)C1. The highest BCUT2D eigenvalue weighted by Crippen LogP contribution is 2.28. The Morgan fingerprint density at radius 3 is 3.00 bits per heavy atom. The average Bonchev–Trinajstić information content (AvgIpc) is 2.87. The van der Waals surface area contributed by atoms with Gasteiger partial charge in [-0.3, -0.25) is 4.90 Å². The summed E-state index contributed by atoms with van der Waals surface area (Å²) in [7, 11) is 1.98. The number of hydrogen-bond acceptors (Lipinski definition) is 4. The van der Waals surface area contributed by atoms with Crippen LogP contribution < -0.4 is 5.32 Å². The third-order valence-electron chi connectivity index (χ3n) is 4.08. The van der Waals surface area contributed by atoms with Gasteiger partial charge in [-0.2, -0.15) is 0 Å². The lowest BCUT2D eigenvalue weighted by Crippen LogP contribution is -2.51. The van der Waals surface area contributed by atoms with Gasteiger partial charge < -0.3 is 14.8 Å². The third-order valence-corrected chi connectivity index (χ3v) is 4.08. The van der Waals surface area contributed by atoms with Crippen molar-refractivity contribution in [1.82, 2.24) is 4.90 Å². The van der Waals surface area contributed by atoms with Gasteiger partial charge in [0, 0.05) is 45.4 Å². The van der Waals surface area contributed by atoms with Crippen molar-refractivity contribution in [2.24, 2.45) is 0 Å². The smallest absolute Gasteiger partial charge is 0.106 e. The second-order valence-corrected chi connectivity index (χ2v) is 5.45. The van der Waals surface area contributed by atoms with Gasteiger partial charge in [0.05, 0.1) is 13.2 Å². The van der Waals surface area contributed by atoms with Crippen molar-refractivity contribution in [3.63, 3.8) is 0 Å². The molecule has 4 heteroatoms. The van der Waals surface area contributed by atoms with Gasteiger partial charge in [0.2, 0.25) is 0 Å². The minimum atomic E-state index is -0.0488. The molecule has 2 fully saturated rings. The van der Waals surface area contributed by atoms with E-state index in [0.29, 0.717) is 0 Å². The fourth-order valence-corrected chi connectivity index (χ4v) is 3.03. The molecule has 0 aliphatic carbocycles. The molecule has 4 nitrogen and oxygen atoms in total. The first-order valence-electron chi connectivity index (χ1n) is 7.01. The topological polar surface area (TPSA) is 33.7 Å². The maximum Gasteiger partial charge on any atom is 0.106 e. The molecule has 19 heavy (non-hydrogen) atoms. The van der Waals surface area contributed by atoms with Crippen LogP contribution in [0.15, 0.2) is 24.3 Å². The van der Waals surface area contributed by atoms with Crippen molar-refractivity contribution >= 4 is 5.69 Å². The number of nitrogens with zero attached hydrogens (tertiary/aromatic N) is 1. The number of morpholine rings is 1. The van der Waals surface area contributed by atoms with Crippen LogP contribution in [0.4, 0.5) is 5.69 Å². The molecule has 0 aromatic heterocycles. The van der Waals surface area contributed by atoms with Gasteiger partial charge in [0.1, 0.15) is 5.60 Å². The van der Waals surface area contributed by atoms with Crippen LogP contribution in [0.5, 0.6) is 0 Å². The van der Waals surface area contributed by atoms with Crippen LogP contribution in [0.3, 0.4) is 0 Å². The molecule has 0 bridgehead atoms. The van der Waals surface area contributed by atoms with E-state index in [4.69, 9.17) is 9.47 Å². The van der Waals surface area contributed by atoms with Gasteiger partial charge >= 0.3 is 0 Å². The molecule has 0 radical (unpaired) electrons. The molecule has 104 valence electrons. The molecule has 1 aromatic carbocycles. The molecular formula is C15H22N2O2. The molecule has 2 saturated heterocycles. The standard InChI is InChI=1S/C15H22N2O2/c1-16-14-5-3-2-4-13(14)10-17-7-9-19-15(11-17)6-8-18-12-15/h2-5,16H,6-12H2,1H3. The molecule has 1 aromatic rings. The summed E-state index contributed by atoms with van der Waals surface area (Å²) in [5, 5.41) is 3.26. The quantitative estimate of drug-likeness (QED) is 0.899. The minimum absolute atomic E-state index is 0.0488. The Morgan fingerprint density at radius 2 is 2.21 bits per heavy atom. The molecule has 0 saturated carbocycles. The summed E-state index contributed by atoms with van der Waals surface area (Å²) in [6, 6.07) is 8.50. The number of hydrogen-bond donors (Lipinski definition) is 1. The second kappa shape index (κ2) is 5.49. The van der Waals surface area contributed by atoms with Gasteiger partial charge in [0.25, 0.3) is 0 Å². The lowest BCUT2D eigenvalue weighted by atomic mass is 10.00. The Labute approximate surface area is 114 Å². The fraction of sp³-hybridized carbons (Fsp3) is 0.600. The van der Waals surface area contributed by atoms with Crippen molar-refractivity contribution in [3.8, 4) is 0 Å². The number of ether oxygens (including phenoxy) is 2. The third kappa shape index (κ3) is 2.76. The van der Waals surface area contributed by atoms with E-state index in [1.807, 2.05) is 7.05 Å². The Bertz CT molecular complexity index is 430. The number of benzene rings is 1. The first-order valence-corrected chi connectivity index (χ1v) is 7.01. The van der Waals surface area contributed by atoms with Crippen molar-refractivity contribution in [1.29, 1.82) is 0 Å². The highest BCUT2D eigenvalue weighted by molar-refractivity contribution is 5.50. The number of nitrogens with one attached hydrogen (secondary N) is 1. The molecule has 2 aliphatic rings. The van der Waals surface area contributed by atoms with Crippen LogP contribution in [-0.4, -0.2) is 50.5 Å². The monoisotopic (exact) mass is 262 g/mol. The first kappa shape index (κ1) is 12.9. The highest BCUT2D eigenvalue weighted by Gasteiger charge is 2.40. The highest BCUT2D eigenvalue weighted by atomic mass is 16.6. The average molecular weight is 262 g/mol. The van der Waals surface area contributed by atoms with E-state index in [1.54, 1.807) is 0 Å². The largest absolute Gasteiger partial charge is 0.388 e. The molecule has 1 spiro atoms. The van der Waals surface area contributed by atoms with Crippen LogP contribution in [0.25, 0.3) is 0 Å². The van der Waals surface area contributed by atoms with E-state index in [1.165, 1.54) is 11.3 Å². The van der Waals surface area contributed by atoms with Crippen LogP contribution in [0.2, 0.25) is 0 Å². The second-order valence-electron chi connectivity index (χ2n) is 5.45. The van der Waals surface area contributed by atoms with Gasteiger partial charge in [-0.15, -0.1) is 0 Å². The predicted octanol–water partition coefficient (Wildman–Crippen LogP) is 1.72. The maximum atomic E-state index is 5.97. The molecule has 1 N–H and O–H groups in total. The molecule has 2 heterocycles. The summed E-state index contributed by atoms with van der Waals surface area (Å²) in [6.45, 7) is 5.34. The van der Waals surface area contributed by atoms with Gasteiger partial charge in [0.15, 0.2) is 0 Å². The van der Waals surface area contributed by atoms with E-state index in [0.717, 1.165) is 45.9 Å². The number of rotatable bonds is 3. The molecule has 1 unspecified atom stereocenters. The first-order chi connectivity index (χ1) is 9.31. The Hall–Kier alpha value is -1.10. The maximum absolute atomic E-state index is 5.97. The number of anilines is 1. The summed E-state index contributed by atoms with van der Waals surface area (Å²) >= 11 is 0. The van der Waals surface area contributed by atoms with E-state index in [9.17, 15) is 0 Å². The predicted molar refractivity (Wildman–Crippen MR) is 75.4 cm³/mol. The molecule has 3 rings (SSSR count). The normalized spacial score (nSPS) is 27.8. The van der Waals surface area contributed by atoms with Crippen molar-refractivity contribution in [2.75, 3.05) is 45.3 Å². The minimum Gasteiger partial charge on any atom is -0.388 e. The van der Waals surface area contributed by atoms with E-state index < -0.39 is 0 Å². The lowest BCUT2D eigenvalue weighted by molar-refractivity contribution is -0.111. The van der Waals surface area contributed by atoms with Crippen molar-refractivity contribution < 1.29 is 9.47 Å².